The molecule has 0 amide bonds. The van der Waals surface area contributed by atoms with Gasteiger partial charge in [0.1, 0.15) is 0 Å². The molecule has 0 unspecified atom stereocenters. The first-order valence-corrected chi connectivity index (χ1v) is 8.61. The number of H-pyrrole nitrogens is 1. The molecule has 6 nitrogen and oxygen atoms in total. The van der Waals surface area contributed by atoms with Crippen LogP contribution in [0, 0.1) is 0 Å². The van der Waals surface area contributed by atoms with Gasteiger partial charge in [0, 0.05) is 29.4 Å². The van der Waals surface area contributed by atoms with Crippen LogP contribution in [-0.2, 0) is 12.8 Å². The predicted octanol–water partition coefficient (Wildman–Crippen LogP) is 2.69. The molecule has 0 saturated carbocycles. The van der Waals surface area contributed by atoms with Crippen LogP contribution in [0.3, 0.4) is 0 Å². The number of anilines is 2. The summed E-state index contributed by atoms with van der Waals surface area (Å²) >= 11 is 0. The van der Waals surface area contributed by atoms with Gasteiger partial charge in [0.2, 0.25) is 5.95 Å². The highest BCUT2D eigenvalue weighted by Crippen LogP contribution is 2.34. The summed E-state index contributed by atoms with van der Waals surface area (Å²) in [6.45, 7) is 3.29. The average molecular weight is 320 g/mol. The highest BCUT2D eigenvalue weighted by Gasteiger charge is 2.29. The van der Waals surface area contributed by atoms with Crippen LogP contribution in [0.4, 0.5) is 11.9 Å². The van der Waals surface area contributed by atoms with E-state index in [4.69, 9.17) is 15.7 Å². The smallest absolute Gasteiger partial charge is 0.226 e. The summed E-state index contributed by atoms with van der Waals surface area (Å²) in [7, 11) is 0. The second-order valence-electron chi connectivity index (χ2n) is 6.84. The van der Waals surface area contributed by atoms with Gasteiger partial charge in [-0.15, -0.1) is 0 Å². The van der Waals surface area contributed by atoms with Gasteiger partial charge in [-0.05, 0) is 44.7 Å². The molecule has 0 spiro atoms. The SMILES string of the molecule is C[C@H]1CCN1c1nc2c(c(-c3ccc4nc(N)[nH]c4c3)n1)CCC2. The Morgan fingerprint density at radius 2 is 2.12 bits per heavy atom. The van der Waals surface area contributed by atoms with Crippen molar-refractivity contribution in [3.05, 3.63) is 29.5 Å². The molecule has 3 heterocycles. The van der Waals surface area contributed by atoms with Crippen molar-refractivity contribution in [1.29, 1.82) is 0 Å². The number of rotatable bonds is 2. The summed E-state index contributed by atoms with van der Waals surface area (Å²) in [5, 5.41) is 0. The molecular weight excluding hydrogens is 300 g/mol. The van der Waals surface area contributed by atoms with Crippen LogP contribution in [-0.4, -0.2) is 32.5 Å². The lowest BCUT2D eigenvalue weighted by atomic mass is 10.0. The van der Waals surface area contributed by atoms with E-state index in [9.17, 15) is 0 Å². The lowest BCUT2D eigenvalue weighted by molar-refractivity contribution is 0.470. The number of aromatic amines is 1. The van der Waals surface area contributed by atoms with Crippen LogP contribution < -0.4 is 10.6 Å². The molecule has 0 bridgehead atoms. The average Bonchev–Trinajstić information content (AvgIpc) is 3.16. The van der Waals surface area contributed by atoms with Gasteiger partial charge in [0.25, 0.3) is 0 Å². The van der Waals surface area contributed by atoms with Gasteiger partial charge in [-0.3, -0.25) is 0 Å². The number of nitrogens with one attached hydrogen (secondary N) is 1. The molecule has 2 aliphatic rings. The van der Waals surface area contributed by atoms with E-state index < -0.39 is 0 Å². The molecule has 1 atom stereocenters. The Balaban J connectivity index is 1.67. The predicted molar refractivity (Wildman–Crippen MR) is 95.0 cm³/mol. The van der Waals surface area contributed by atoms with E-state index >= 15 is 0 Å². The normalized spacial score (nSPS) is 19.5. The molecule has 5 rings (SSSR count). The van der Waals surface area contributed by atoms with Crippen molar-refractivity contribution in [2.75, 3.05) is 17.2 Å². The van der Waals surface area contributed by atoms with Gasteiger partial charge >= 0.3 is 0 Å². The van der Waals surface area contributed by atoms with E-state index in [2.05, 4.69) is 33.9 Å². The summed E-state index contributed by atoms with van der Waals surface area (Å²) in [6.07, 6.45) is 4.49. The summed E-state index contributed by atoms with van der Waals surface area (Å²) in [5.41, 5.74) is 12.3. The first kappa shape index (κ1) is 13.8. The van der Waals surface area contributed by atoms with Gasteiger partial charge in [-0.1, -0.05) is 6.07 Å². The fourth-order valence-corrected chi connectivity index (χ4v) is 3.78. The van der Waals surface area contributed by atoms with Gasteiger partial charge < -0.3 is 15.6 Å². The van der Waals surface area contributed by atoms with Gasteiger partial charge in [0.05, 0.1) is 16.7 Å². The maximum absolute atomic E-state index is 5.78. The third-order valence-electron chi connectivity index (χ3n) is 5.27. The van der Waals surface area contributed by atoms with E-state index in [1.165, 1.54) is 17.7 Å². The minimum Gasteiger partial charge on any atom is -0.369 e. The third-order valence-corrected chi connectivity index (χ3v) is 5.27. The van der Waals surface area contributed by atoms with Gasteiger partial charge in [-0.2, -0.15) is 0 Å². The number of benzene rings is 1. The number of fused-ring (bicyclic) bond motifs is 2. The van der Waals surface area contributed by atoms with Gasteiger partial charge in [0.15, 0.2) is 5.95 Å². The topological polar surface area (TPSA) is 83.7 Å². The quantitative estimate of drug-likeness (QED) is 0.758. The number of nitrogens with zero attached hydrogens (tertiary/aromatic N) is 4. The van der Waals surface area contributed by atoms with Crippen molar-refractivity contribution in [2.45, 2.75) is 38.6 Å². The van der Waals surface area contributed by atoms with E-state index in [0.717, 1.165) is 54.0 Å². The summed E-state index contributed by atoms with van der Waals surface area (Å²) < 4.78 is 0. The third kappa shape index (κ3) is 1.99. The monoisotopic (exact) mass is 320 g/mol. The molecular formula is C18H20N6. The molecule has 0 radical (unpaired) electrons. The molecule has 6 heteroatoms. The highest BCUT2D eigenvalue weighted by molar-refractivity contribution is 5.83. The van der Waals surface area contributed by atoms with E-state index in [-0.39, 0.29) is 0 Å². The second kappa shape index (κ2) is 4.93. The maximum Gasteiger partial charge on any atom is 0.226 e. The molecule has 24 heavy (non-hydrogen) atoms. The Bertz CT molecular complexity index is 944. The van der Waals surface area contributed by atoms with Crippen LogP contribution in [0.15, 0.2) is 18.2 Å². The summed E-state index contributed by atoms with van der Waals surface area (Å²) in [5.74, 6) is 1.33. The molecule has 122 valence electrons. The first-order chi connectivity index (χ1) is 11.7. The molecule has 3 aromatic rings. The number of hydrogen-bond acceptors (Lipinski definition) is 5. The zero-order valence-electron chi connectivity index (χ0n) is 13.7. The van der Waals surface area contributed by atoms with Crippen LogP contribution in [0.1, 0.15) is 31.0 Å². The Morgan fingerprint density at radius 3 is 2.92 bits per heavy atom. The van der Waals surface area contributed by atoms with Crippen molar-refractivity contribution in [3.63, 3.8) is 0 Å². The Labute approximate surface area is 140 Å². The van der Waals surface area contributed by atoms with Crippen LogP contribution >= 0.6 is 0 Å². The number of nitrogen functional groups attached to an aromatic ring is 1. The zero-order chi connectivity index (χ0) is 16.3. The fourth-order valence-electron chi connectivity index (χ4n) is 3.78. The number of aromatic nitrogens is 4. The number of nitrogens with two attached hydrogens (primary N) is 1. The molecule has 1 saturated heterocycles. The minimum absolute atomic E-state index is 0.449. The maximum atomic E-state index is 5.78. The molecule has 1 fully saturated rings. The fraction of sp³-hybridized carbons (Fsp3) is 0.389. The lowest BCUT2D eigenvalue weighted by Crippen LogP contribution is -2.46. The van der Waals surface area contributed by atoms with Crippen LogP contribution in [0.2, 0.25) is 0 Å². The zero-order valence-corrected chi connectivity index (χ0v) is 13.7. The van der Waals surface area contributed by atoms with Crippen molar-refractivity contribution in [3.8, 4) is 11.3 Å². The van der Waals surface area contributed by atoms with E-state index in [1.807, 2.05) is 6.07 Å². The Morgan fingerprint density at radius 1 is 1.21 bits per heavy atom. The number of aryl methyl sites for hydroxylation is 1. The van der Waals surface area contributed by atoms with Crippen molar-refractivity contribution < 1.29 is 0 Å². The summed E-state index contributed by atoms with van der Waals surface area (Å²) in [4.78, 5) is 19.5. The Hall–Kier alpha value is -2.63. The van der Waals surface area contributed by atoms with E-state index in [1.54, 1.807) is 0 Å². The first-order valence-electron chi connectivity index (χ1n) is 8.61. The second-order valence-corrected chi connectivity index (χ2v) is 6.84. The van der Waals surface area contributed by atoms with Crippen LogP contribution in [0.25, 0.3) is 22.3 Å². The van der Waals surface area contributed by atoms with Crippen molar-refractivity contribution >= 4 is 22.9 Å². The molecule has 1 aromatic carbocycles. The number of imidazole rings is 1. The Kier molecular flexibility index (Phi) is 2.83. The molecule has 1 aliphatic heterocycles. The number of hydrogen-bond donors (Lipinski definition) is 2. The van der Waals surface area contributed by atoms with Gasteiger partial charge in [-0.25, -0.2) is 15.0 Å². The molecule has 2 aromatic heterocycles. The summed E-state index contributed by atoms with van der Waals surface area (Å²) in [6, 6.07) is 6.73. The lowest BCUT2D eigenvalue weighted by Gasteiger charge is -2.39. The minimum atomic E-state index is 0.449. The molecule has 1 aliphatic carbocycles. The highest BCUT2D eigenvalue weighted by atomic mass is 15.3. The van der Waals surface area contributed by atoms with E-state index in [0.29, 0.717) is 12.0 Å². The van der Waals surface area contributed by atoms with Crippen LogP contribution in [0.5, 0.6) is 0 Å². The standard InChI is InChI=1S/C18H20N6/c1-10-7-8-24(10)18-22-13-4-2-3-12(13)16(23-18)11-5-6-14-15(9-11)21-17(19)20-14/h5-6,9-10H,2-4,7-8H2,1H3,(H3,19,20,21)/t10-/m0/s1. The molecule has 3 N–H and O–H groups in total. The largest absolute Gasteiger partial charge is 0.369 e. The van der Waals surface area contributed by atoms with Crippen molar-refractivity contribution in [2.24, 2.45) is 0 Å². The van der Waals surface area contributed by atoms with Crippen molar-refractivity contribution in [1.82, 2.24) is 19.9 Å².